The highest BCUT2D eigenvalue weighted by molar-refractivity contribution is 6.08. The number of hydrogen-bond donors (Lipinski definition) is 2. The first-order valence-electron chi connectivity index (χ1n) is 6.53. The molecule has 1 amide bonds. The van der Waals surface area contributed by atoms with Crippen LogP contribution in [0.15, 0.2) is 45.6 Å². The molecule has 0 spiro atoms. The lowest BCUT2D eigenvalue weighted by Crippen LogP contribution is -2.12. The molecule has 0 fully saturated rings. The molecular weight excluding hydrogens is 288 g/mol. The Morgan fingerprint density at radius 3 is 2.91 bits per heavy atom. The molecule has 4 rings (SSSR count). The molecule has 7 heteroatoms. The average Bonchev–Trinajstić information content (AvgIpc) is 3.12. The molecule has 1 aliphatic heterocycles. The number of carbonyl (C=O) groups is 1. The van der Waals surface area contributed by atoms with Crippen LogP contribution in [0, 0.1) is 0 Å². The first-order chi connectivity index (χ1) is 10.7. The number of oxazole rings is 1. The van der Waals surface area contributed by atoms with E-state index in [2.05, 4.69) is 10.3 Å². The van der Waals surface area contributed by atoms with Gasteiger partial charge in [0, 0.05) is 5.56 Å². The van der Waals surface area contributed by atoms with Gasteiger partial charge in [-0.05, 0) is 30.3 Å². The molecule has 2 heterocycles. The molecule has 110 valence electrons. The quantitative estimate of drug-likeness (QED) is 0.755. The standard InChI is InChI=1S/C15H10N2O5/c18-14(8-4-5-10-12(6-8)21-7-20-10)16-9-2-1-3-11-13(9)17-15(19)22-11/h1-6H,7H2,(H,16,18)(H,17,19). The van der Waals surface area contributed by atoms with E-state index in [0.717, 1.165) is 0 Å². The number of fused-ring (bicyclic) bond motifs is 2. The van der Waals surface area contributed by atoms with E-state index in [9.17, 15) is 9.59 Å². The largest absolute Gasteiger partial charge is 0.454 e. The van der Waals surface area contributed by atoms with Crippen molar-refractivity contribution in [3.05, 3.63) is 52.5 Å². The van der Waals surface area contributed by atoms with Crippen molar-refractivity contribution in [2.24, 2.45) is 0 Å². The molecule has 0 saturated carbocycles. The zero-order valence-corrected chi connectivity index (χ0v) is 11.2. The number of H-pyrrole nitrogens is 1. The number of aromatic nitrogens is 1. The topological polar surface area (TPSA) is 93.6 Å². The number of ether oxygens (including phenoxy) is 2. The minimum Gasteiger partial charge on any atom is -0.454 e. The lowest BCUT2D eigenvalue weighted by molar-refractivity contribution is 0.102. The van der Waals surface area contributed by atoms with Crippen LogP contribution in [0.1, 0.15) is 10.4 Å². The molecule has 3 aromatic rings. The van der Waals surface area contributed by atoms with Crippen LogP contribution in [0.25, 0.3) is 11.1 Å². The summed E-state index contributed by atoms with van der Waals surface area (Å²) in [6.07, 6.45) is 0. The summed E-state index contributed by atoms with van der Waals surface area (Å²) in [6.45, 7) is 0.149. The Morgan fingerprint density at radius 1 is 1.14 bits per heavy atom. The summed E-state index contributed by atoms with van der Waals surface area (Å²) in [5, 5.41) is 2.74. The Balaban J connectivity index is 1.67. The number of amides is 1. The minimum absolute atomic E-state index is 0.149. The van der Waals surface area contributed by atoms with Gasteiger partial charge in [-0.25, -0.2) is 4.79 Å². The first-order valence-corrected chi connectivity index (χ1v) is 6.53. The molecule has 0 saturated heterocycles. The Morgan fingerprint density at radius 2 is 2.00 bits per heavy atom. The molecule has 2 N–H and O–H groups in total. The van der Waals surface area contributed by atoms with Gasteiger partial charge < -0.3 is 19.2 Å². The minimum atomic E-state index is -0.570. The van der Waals surface area contributed by atoms with Gasteiger partial charge in [-0.15, -0.1) is 0 Å². The van der Waals surface area contributed by atoms with Crippen molar-refractivity contribution in [2.45, 2.75) is 0 Å². The monoisotopic (exact) mass is 298 g/mol. The van der Waals surface area contributed by atoms with E-state index < -0.39 is 5.76 Å². The zero-order chi connectivity index (χ0) is 15.1. The summed E-state index contributed by atoms with van der Waals surface area (Å²) in [6, 6.07) is 9.94. The van der Waals surface area contributed by atoms with Gasteiger partial charge in [0.1, 0.15) is 5.52 Å². The number of rotatable bonds is 2. The summed E-state index contributed by atoms with van der Waals surface area (Å²) in [5.74, 6) is 0.244. The van der Waals surface area contributed by atoms with Crippen molar-refractivity contribution in [1.29, 1.82) is 0 Å². The molecule has 0 bridgehead atoms. The molecule has 0 radical (unpaired) electrons. The zero-order valence-electron chi connectivity index (χ0n) is 11.2. The van der Waals surface area contributed by atoms with Crippen LogP contribution in [-0.4, -0.2) is 17.7 Å². The number of para-hydroxylation sites is 1. The fourth-order valence-corrected chi connectivity index (χ4v) is 2.31. The van der Waals surface area contributed by atoms with Crippen LogP contribution < -0.4 is 20.5 Å². The summed E-state index contributed by atoms with van der Waals surface area (Å²) < 4.78 is 15.4. The van der Waals surface area contributed by atoms with Crippen molar-refractivity contribution in [1.82, 2.24) is 4.98 Å². The maximum atomic E-state index is 12.3. The maximum Gasteiger partial charge on any atom is 0.417 e. The van der Waals surface area contributed by atoms with Crippen molar-refractivity contribution in [2.75, 3.05) is 12.1 Å². The third kappa shape index (κ3) is 1.99. The van der Waals surface area contributed by atoms with Crippen molar-refractivity contribution >= 4 is 22.7 Å². The van der Waals surface area contributed by atoms with Gasteiger partial charge in [0.25, 0.3) is 5.91 Å². The molecule has 0 unspecified atom stereocenters. The SMILES string of the molecule is O=C(Nc1cccc2oc(=O)[nH]c12)c1ccc2c(c1)OCO2. The van der Waals surface area contributed by atoms with E-state index in [4.69, 9.17) is 13.9 Å². The van der Waals surface area contributed by atoms with Crippen LogP contribution in [0.3, 0.4) is 0 Å². The Kier molecular flexibility index (Phi) is 2.65. The third-order valence-corrected chi connectivity index (χ3v) is 3.34. The van der Waals surface area contributed by atoms with Gasteiger partial charge in [0.05, 0.1) is 5.69 Å². The fourth-order valence-electron chi connectivity index (χ4n) is 2.31. The van der Waals surface area contributed by atoms with Crippen molar-refractivity contribution in [3.8, 4) is 11.5 Å². The predicted octanol–water partition coefficient (Wildman–Crippen LogP) is 2.10. The Labute approximate surface area is 123 Å². The Bertz CT molecular complexity index is 941. The van der Waals surface area contributed by atoms with E-state index >= 15 is 0 Å². The van der Waals surface area contributed by atoms with E-state index in [-0.39, 0.29) is 12.7 Å². The average molecular weight is 298 g/mol. The van der Waals surface area contributed by atoms with Gasteiger partial charge >= 0.3 is 5.76 Å². The second kappa shape index (κ2) is 4.66. The van der Waals surface area contributed by atoms with Crippen LogP contribution >= 0.6 is 0 Å². The summed E-state index contributed by atoms with van der Waals surface area (Å²) in [4.78, 5) is 26.1. The second-order valence-corrected chi connectivity index (χ2v) is 4.72. The molecule has 1 aliphatic rings. The van der Waals surface area contributed by atoms with E-state index in [0.29, 0.717) is 33.8 Å². The Hall–Kier alpha value is -3.22. The maximum absolute atomic E-state index is 12.3. The lowest BCUT2D eigenvalue weighted by Gasteiger charge is -2.06. The number of anilines is 1. The van der Waals surface area contributed by atoms with E-state index in [1.54, 1.807) is 36.4 Å². The molecule has 0 atom stereocenters. The van der Waals surface area contributed by atoms with E-state index in [1.807, 2.05) is 0 Å². The van der Waals surface area contributed by atoms with Crippen molar-refractivity contribution in [3.63, 3.8) is 0 Å². The van der Waals surface area contributed by atoms with Crippen LogP contribution in [0.2, 0.25) is 0 Å². The second-order valence-electron chi connectivity index (χ2n) is 4.72. The molecule has 0 aliphatic carbocycles. The normalized spacial score (nSPS) is 12.5. The molecule has 1 aromatic heterocycles. The van der Waals surface area contributed by atoms with Gasteiger partial charge in [0.15, 0.2) is 17.1 Å². The summed E-state index contributed by atoms with van der Waals surface area (Å²) >= 11 is 0. The fraction of sp³-hybridized carbons (Fsp3) is 0.0667. The van der Waals surface area contributed by atoms with Crippen molar-refractivity contribution < 1.29 is 18.7 Å². The first kappa shape index (κ1) is 12.5. The summed E-state index contributed by atoms with van der Waals surface area (Å²) in [5.41, 5.74) is 1.72. The number of hydrogen-bond acceptors (Lipinski definition) is 5. The number of benzene rings is 2. The van der Waals surface area contributed by atoms with Crippen LogP contribution in [0.5, 0.6) is 11.5 Å². The highest BCUT2D eigenvalue weighted by atomic mass is 16.7. The van der Waals surface area contributed by atoms with Crippen LogP contribution in [-0.2, 0) is 0 Å². The molecule has 7 nitrogen and oxygen atoms in total. The number of carbonyl (C=O) groups excluding carboxylic acids is 1. The highest BCUT2D eigenvalue weighted by Crippen LogP contribution is 2.32. The van der Waals surface area contributed by atoms with Gasteiger partial charge in [0.2, 0.25) is 6.79 Å². The van der Waals surface area contributed by atoms with Crippen LogP contribution in [0.4, 0.5) is 5.69 Å². The van der Waals surface area contributed by atoms with Gasteiger partial charge in [-0.3, -0.25) is 9.78 Å². The van der Waals surface area contributed by atoms with Gasteiger partial charge in [-0.1, -0.05) is 6.07 Å². The molecule has 22 heavy (non-hydrogen) atoms. The number of nitrogens with one attached hydrogen (secondary N) is 2. The smallest absolute Gasteiger partial charge is 0.417 e. The third-order valence-electron chi connectivity index (χ3n) is 3.34. The molecular formula is C15H10N2O5. The number of aromatic amines is 1. The van der Waals surface area contributed by atoms with Gasteiger partial charge in [-0.2, -0.15) is 0 Å². The summed E-state index contributed by atoms with van der Waals surface area (Å²) in [7, 11) is 0. The highest BCUT2D eigenvalue weighted by Gasteiger charge is 2.17. The molecule has 2 aromatic carbocycles. The predicted molar refractivity (Wildman–Crippen MR) is 77.4 cm³/mol. The lowest BCUT2D eigenvalue weighted by atomic mass is 10.2. The van der Waals surface area contributed by atoms with E-state index in [1.165, 1.54) is 0 Å².